The van der Waals surface area contributed by atoms with Crippen LogP contribution >= 0.6 is 0 Å². The maximum Gasteiger partial charge on any atom is 0.187 e. The van der Waals surface area contributed by atoms with E-state index in [1.165, 1.54) is 64.7 Å². The first-order valence-electron chi connectivity index (χ1n) is 17.4. The van der Waals surface area contributed by atoms with Gasteiger partial charge in [0.15, 0.2) is 5.69 Å². The predicted octanol–water partition coefficient (Wildman–Crippen LogP) is 8.17. The van der Waals surface area contributed by atoms with Crippen LogP contribution < -0.4 is 19.5 Å². The molecule has 0 radical (unpaired) electrons. The molecular weight excluding hydrogens is 598 g/mol. The molecule has 2 heterocycles. The lowest BCUT2D eigenvalue weighted by Gasteiger charge is -2.32. The van der Waals surface area contributed by atoms with Gasteiger partial charge in [0.05, 0.1) is 49.7 Å². The molecule has 3 aromatic rings. The lowest BCUT2D eigenvalue weighted by molar-refractivity contribution is 0.161. The van der Waals surface area contributed by atoms with Gasteiger partial charge in [-0.3, -0.25) is 0 Å². The van der Waals surface area contributed by atoms with Crippen molar-refractivity contribution in [1.29, 1.82) is 10.5 Å². The van der Waals surface area contributed by atoms with E-state index in [2.05, 4.69) is 27.2 Å². The Morgan fingerprint density at radius 3 is 1.54 bits per heavy atom. The number of hydrogen-bond acceptors (Lipinski definition) is 7. The number of rotatable bonds is 15. The molecule has 0 aliphatic carbocycles. The molecule has 2 aliphatic heterocycles. The van der Waals surface area contributed by atoms with Crippen molar-refractivity contribution in [2.24, 2.45) is 11.8 Å². The van der Waals surface area contributed by atoms with Crippen LogP contribution in [0.5, 0.6) is 17.2 Å². The number of nitrogens with one attached hydrogen (secondary N) is 1. The van der Waals surface area contributed by atoms with Gasteiger partial charge in [0.25, 0.3) is 0 Å². The van der Waals surface area contributed by atoms with E-state index in [9.17, 15) is 0 Å². The molecule has 0 aromatic heterocycles. The maximum atomic E-state index is 8.82. The van der Waals surface area contributed by atoms with Gasteiger partial charge in [0, 0.05) is 6.54 Å². The molecule has 5 rings (SSSR count). The fourth-order valence-electron chi connectivity index (χ4n) is 6.14. The summed E-state index contributed by atoms with van der Waals surface area (Å²) in [4.78, 5) is 5.93. The number of nitriles is 2. The highest BCUT2D eigenvalue weighted by Gasteiger charge is 2.18. The van der Waals surface area contributed by atoms with Crippen LogP contribution in [-0.2, 0) is 0 Å². The molecule has 8 heteroatoms. The number of likely N-dealkylation sites (tertiary alicyclic amines) is 1. The van der Waals surface area contributed by atoms with Crippen LogP contribution in [0.3, 0.4) is 0 Å². The maximum absolute atomic E-state index is 8.82. The van der Waals surface area contributed by atoms with Gasteiger partial charge >= 0.3 is 0 Å². The molecule has 2 aliphatic rings. The quantitative estimate of drug-likeness (QED) is 0.131. The third-order valence-corrected chi connectivity index (χ3v) is 9.04. The second-order valence-corrected chi connectivity index (χ2v) is 12.5. The first kappa shape index (κ1) is 36.3. The van der Waals surface area contributed by atoms with Gasteiger partial charge in [-0.2, -0.15) is 10.5 Å². The van der Waals surface area contributed by atoms with Crippen LogP contribution in [0.1, 0.15) is 68.9 Å². The van der Waals surface area contributed by atoms with Crippen molar-refractivity contribution in [3.05, 3.63) is 95.3 Å². The van der Waals surface area contributed by atoms with Gasteiger partial charge in [-0.05, 0) is 156 Å². The largest absolute Gasteiger partial charge is 0.494 e. The second-order valence-electron chi connectivity index (χ2n) is 12.5. The Labute approximate surface area is 287 Å². The molecule has 0 saturated carbocycles. The number of piperidine rings is 2. The van der Waals surface area contributed by atoms with Crippen LogP contribution in [0, 0.1) is 41.1 Å². The molecule has 1 N–H and O–H groups in total. The van der Waals surface area contributed by atoms with Gasteiger partial charge in [-0.25, -0.2) is 4.85 Å². The van der Waals surface area contributed by atoms with Crippen LogP contribution in [0.25, 0.3) is 4.85 Å². The van der Waals surface area contributed by atoms with Crippen molar-refractivity contribution in [1.82, 2.24) is 10.2 Å². The van der Waals surface area contributed by atoms with Crippen molar-refractivity contribution >= 4 is 5.69 Å². The van der Waals surface area contributed by atoms with Gasteiger partial charge in [0.1, 0.15) is 17.2 Å². The predicted molar refractivity (Wildman–Crippen MR) is 189 cm³/mol. The van der Waals surface area contributed by atoms with E-state index in [-0.39, 0.29) is 0 Å². The Hall–Kier alpha value is -4.55. The zero-order chi connectivity index (χ0) is 33.7. The van der Waals surface area contributed by atoms with Crippen LogP contribution in [0.2, 0.25) is 0 Å². The Kier molecular flexibility index (Phi) is 16.1. The summed E-state index contributed by atoms with van der Waals surface area (Å²) < 4.78 is 17.2. The minimum atomic E-state index is 0.644. The molecule has 8 nitrogen and oxygen atoms in total. The van der Waals surface area contributed by atoms with Crippen LogP contribution in [0.4, 0.5) is 5.69 Å². The highest BCUT2D eigenvalue weighted by atomic mass is 16.5. The SMILES string of the molecule is N#Cc1ccc(OCCCC2CCNCC2)cc1.[C-]#[N+]c1ccc(OCCCN2CCC(CCCOc3ccc(C#N)cc3)CC2)cc1. The lowest BCUT2D eigenvalue weighted by Crippen LogP contribution is -2.35. The molecule has 0 spiro atoms. The first-order chi connectivity index (χ1) is 23.6. The van der Waals surface area contributed by atoms with E-state index < -0.39 is 0 Å². The average Bonchev–Trinajstić information content (AvgIpc) is 3.15. The zero-order valence-corrected chi connectivity index (χ0v) is 28.1. The molecule has 252 valence electrons. The average molecular weight is 648 g/mol. The molecule has 0 unspecified atom stereocenters. The Morgan fingerprint density at radius 1 is 0.646 bits per heavy atom. The summed E-state index contributed by atoms with van der Waals surface area (Å²) in [7, 11) is 0. The van der Waals surface area contributed by atoms with Gasteiger partial charge < -0.3 is 24.4 Å². The summed E-state index contributed by atoms with van der Waals surface area (Å²) in [6.07, 6.45) is 10.8. The van der Waals surface area contributed by atoms with Crippen molar-refractivity contribution in [2.75, 3.05) is 52.5 Å². The molecule has 0 atom stereocenters. The Morgan fingerprint density at radius 2 is 1.08 bits per heavy atom. The molecular formula is C40H49N5O3. The number of benzene rings is 3. The fraction of sp³-hybridized carbons (Fsp3) is 0.475. The molecule has 2 fully saturated rings. The van der Waals surface area contributed by atoms with Crippen molar-refractivity contribution in [3.63, 3.8) is 0 Å². The van der Waals surface area contributed by atoms with E-state index in [1.807, 2.05) is 36.4 Å². The van der Waals surface area contributed by atoms with Gasteiger partial charge in [0.2, 0.25) is 0 Å². The third-order valence-electron chi connectivity index (χ3n) is 9.04. The minimum absolute atomic E-state index is 0.644. The summed E-state index contributed by atoms with van der Waals surface area (Å²) in [6.45, 7) is 14.9. The lowest BCUT2D eigenvalue weighted by atomic mass is 9.92. The van der Waals surface area contributed by atoms with Crippen molar-refractivity contribution in [2.45, 2.75) is 57.8 Å². The van der Waals surface area contributed by atoms with Crippen LogP contribution in [-0.4, -0.2) is 57.4 Å². The minimum Gasteiger partial charge on any atom is -0.494 e. The second kappa shape index (κ2) is 21.3. The van der Waals surface area contributed by atoms with E-state index in [0.29, 0.717) is 23.4 Å². The van der Waals surface area contributed by atoms with Gasteiger partial charge in [-0.15, -0.1) is 0 Å². The number of nitrogens with zero attached hydrogens (tertiary/aromatic N) is 4. The summed E-state index contributed by atoms with van der Waals surface area (Å²) in [5, 5.41) is 20.9. The Balaban J connectivity index is 0.000000246. The summed E-state index contributed by atoms with van der Waals surface area (Å²) in [5.41, 5.74) is 1.99. The van der Waals surface area contributed by atoms with Gasteiger partial charge in [-0.1, -0.05) is 12.1 Å². The summed E-state index contributed by atoms with van der Waals surface area (Å²) in [6, 6.07) is 26.2. The first-order valence-corrected chi connectivity index (χ1v) is 17.4. The molecule has 0 bridgehead atoms. The summed E-state index contributed by atoms with van der Waals surface area (Å²) in [5.74, 6) is 4.20. The highest BCUT2D eigenvalue weighted by molar-refractivity contribution is 5.47. The van der Waals surface area contributed by atoms with E-state index >= 15 is 0 Å². The van der Waals surface area contributed by atoms with Crippen molar-refractivity contribution < 1.29 is 14.2 Å². The molecule has 2 saturated heterocycles. The number of hydrogen-bond donors (Lipinski definition) is 1. The van der Waals surface area contributed by atoms with E-state index in [0.717, 1.165) is 68.1 Å². The van der Waals surface area contributed by atoms with E-state index in [1.54, 1.807) is 36.4 Å². The summed E-state index contributed by atoms with van der Waals surface area (Å²) >= 11 is 0. The molecule has 3 aromatic carbocycles. The zero-order valence-electron chi connectivity index (χ0n) is 28.1. The normalized spacial score (nSPS) is 15.2. The van der Waals surface area contributed by atoms with Crippen molar-refractivity contribution in [3.8, 4) is 29.4 Å². The number of ether oxygens (including phenoxy) is 3. The topological polar surface area (TPSA) is 94.9 Å². The Bertz CT molecular complexity index is 1370. The highest BCUT2D eigenvalue weighted by Crippen LogP contribution is 2.23. The monoisotopic (exact) mass is 647 g/mol. The molecule has 0 amide bonds. The van der Waals surface area contributed by atoms with E-state index in [4.69, 9.17) is 31.3 Å². The van der Waals surface area contributed by atoms with Crippen LogP contribution in [0.15, 0.2) is 72.8 Å². The fourth-order valence-corrected chi connectivity index (χ4v) is 6.14. The third kappa shape index (κ3) is 13.7. The standard InChI is InChI=1S/C25H29N3O2.C15H20N2O/c1-27-23-7-11-25(12-8-23)30-19-3-15-28-16-13-21(14-17-28)4-2-18-29-24-9-5-22(20-26)6-10-24;16-12-14-3-5-15(6-4-14)18-11-1-2-13-7-9-17-10-8-13/h5-12,21H,2-4,13-19H2;3-6,13,17H,1-2,7-11H2. The smallest absolute Gasteiger partial charge is 0.187 e. The molecule has 48 heavy (non-hydrogen) atoms.